The molecule has 0 spiro atoms. The van der Waals surface area contributed by atoms with Crippen LogP contribution >= 0.6 is 0 Å². The lowest BCUT2D eigenvalue weighted by Gasteiger charge is -2.09. The van der Waals surface area contributed by atoms with Crippen LogP contribution in [-0.2, 0) is 0 Å². The second kappa shape index (κ2) is 11.8. The highest BCUT2D eigenvalue weighted by atomic mass is 19.2. The number of rotatable bonds is 9. The first-order valence-electron chi connectivity index (χ1n) is 12.0. The largest absolute Gasteiger partial charge is 0.493 e. The Morgan fingerprint density at radius 1 is 0.811 bits per heavy atom. The summed E-state index contributed by atoms with van der Waals surface area (Å²) < 4.78 is 49.7. The van der Waals surface area contributed by atoms with Gasteiger partial charge in [0, 0.05) is 22.8 Å². The van der Waals surface area contributed by atoms with Crippen molar-refractivity contribution in [2.24, 2.45) is 0 Å². The fraction of sp³-hybridized carbons (Fsp3) is 0.125. The molecule has 0 aliphatic carbocycles. The van der Waals surface area contributed by atoms with Crippen LogP contribution in [0.1, 0.15) is 36.1 Å². The molecule has 5 heteroatoms. The van der Waals surface area contributed by atoms with Crippen LogP contribution in [-0.4, -0.2) is 11.7 Å². The Balaban J connectivity index is 1.48. The zero-order valence-electron chi connectivity index (χ0n) is 20.4. The monoisotopic (exact) mass is 500 g/mol. The Labute approximate surface area is 215 Å². The van der Waals surface area contributed by atoms with Crippen molar-refractivity contribution in [3.05, 3.63) is 126 Å². The van der Waals surface area contributed by atoms with E-state index >= 15 is 0 Å². The molecule has 4 aromatic carbocycles. The second-order valence-corrected chi connectivity index (χ2v) is 8.65. The summed E-state index contributed by atoms with van der Waals surface area (Å²) in [5.41, 5.74) is 3.37. The van der Waals surface area contributed by atoms with Gasteiger partial charge in [0.25, 0.3) is 0 Å². The van der Waals surface area contributed by atoms with Crippen LogP contribution in [0.5, 0.6) is 5.75 Å². The van der Waals surface area contributed by atoms with Gasteiger partial charge >= 0.3 is 0 Å². The van der Waals surface area contributed by atoms with E-state index in [4.69, 9.17) is 4.74 Å². The number of halogens is 3. The molecule has 0 aliphatic rings. The zero-order chi connectivity index (χ0) is 26.4. The molecule has 0 heterocycles. The summed E-state index contributed by atoms with van der Waals surface area (Å²) in [5, 5.41) is 9.64. The number of benzene rings is 4. The lowest BCUT2D eigenvalue weighted by atomic mass is 9.99. The molecule has 0 radical (unpaired) electrons. The summed E-state index contributed by atoms with van der Waals surface area (Å²) in [4.78, 5) is 0. The molecular weight excluding hydrogens is 473 g/mol. The SMILES string of the molecule is C=CCCOc1ccc(-c2ccc(/C=C/c3ccc(-c4ccc(C(C)O)cc4)c(F)c3F)cc2)c(F)c1. The van der Waals surface area contributed by atoms with Crippen molar-refractivity contribution < 1.29 is 23.0 Å². The summed E-state index contributed by atoms with van der Waals surface area (Å²) in [5.74, 6) is -1.81. The minimum absolute atomic E-state index is 0.115. The van der Waals surface area contributed by atoms with Gasteiger partial charge in [-0.1, -0.05) is 78.9 Å². The lowest BCUT2D eigenvalue weighted by Crippen LogP contribution is -1.96. The second-order valence-electron chi connectivity index (χ2n) is 8.65. The van der Waals surface area contributed by atoms with Crippen molar-refractivity contribution in [2.75, 3.05) is 6.61 Å². The molecule has 1 atom stereocenters. The van der Waals surface area contributed by atoms with Crippen molar-refractivity contribution in [1.29, 1.82) is 0 Å². The van der Waals surface area contributed by atoms with Crippen LogP contribution in [0.3, 0.4) is 0 Å². The molecule has 0 fully saturated rings. The van der Waals surface area contributed by atoms with Crippen molar-refractivity contribution in [2.45, 2.75) is 19.4 Å². The van der Waals surface area contributed by atoms with E-state index in [2.05, 4.69) is 6.58 Å². The third-order valence-corrected chi connectivity index (χ3v) is 6.02. The van der Waals surface area contributed by atoms with E-state index < -0.39 is 23.6 Å². The minimum Gasteiger partial charge on any atom is -0.493 e. The predicted octanol–water partition coefficient (Wildman–Crippen LogP) is 8.62. The first-order chi connectivity index (χ1) is 17.9. The normalized spacial score (nSPS) is 12.0. The Hall–Kier alpha value is -4.09. The number of hydrogen-bond donors (Lipinski definition) is 1. The smallest absolute Gasteiger partial charge is 0.167 e. The molecule has 0 bridgehead atoms. The van der Waals surface area contributed by atoms with Gasteiger partial charge in [-0.25, -0.2) is 13.2 Å². The third kappa shape index (κ3) is 6.19. The highest BCUT2D eigenvalue weighted by molar-refractivity contribution is 5.74. The zero-order valence-corrected chi connectivity index (χ0v) is 20.4. The maximum atomic E-state index is 14.8. The van der Waals surface area contributed by atoms with E-state index in [-0.39, 0.29) is 11.1 Å². The molecule has 0 aliphatic heterocycles. The summed E-state index contributed by atoms with van der Waals surface area (Å²) in [7, 11) is 0. The van der Waals surface area contributed by atoms with Crippen LogP contribution in [0.2, 0.25) is 0 Å². The Bertz CT molecular complexity index is 1410. The average molecular weight is 501 g/mol. The summed E-state index contributed by atoms with van der Waals surface area (Å²) in [6.07, 6.45) is 4.96. The first-order valence-corrected chi connectivity index (χ1v) is 12.0. The van der Waals surface area contributed by atoms with Gasteiger partial charge in [0.1, 0.15) is 11.6 Å². The van der Waals surface area contributed by atoms with Gasteiger partial charge in [0.2, 0.25) is 0 Å². The maximum absolute atomic E-state index is 14.8. The van der Waals surface area contributed by atoms with Crippen molar-refractivity contribution in [3.8, 4) is 28.0 Å². The van der Waals surface area contributed by atoms with Crippen molar-refractivity contribution >= 4 is 12.2 Å². The Morgan fingerprint density at radius 3 is 2.11 bits per heavy atom. The van der Waals surface area contributed by atoms with Gasteiger partial charge < -0.3 is 9.84 Å². The predicted molar refractivity (Wildman–Crippen MR) is 144 cm³/mol. The van der Waals surface area contributed by atoms with Crippen LogP contribution in [0.4, 0.5) is 13.2 Å². The maximum Gasteiger partial charge on any atom is 0.167 e. The number of ether oxygens (including phenoxy) is 1. The van der Waals surface area contributed by atoms with Gasteiger partial charge in [0.15, 0.2) is 11.6 Å². The van der Waals surface area contributed by atoms with Crippen molar-refractivity contribution in [1.82, 2.24) is 0 Å². The third-order valence-electron chi connectivity index (χ3n) is 6.02. The molecular formula is C32H27F3O2. The minimum atomic E-state index is -0.942. The van der Waals surface area contributed by atoms with Gasteiger partial charge in [0.05, 0.1) is 12.7 Å². The molecule has 0 aromatic heterocycles. The van der Waals surface area contributed by atoms with E-state index in [0.29, 0.717) is 41.0 Å². The fourth-order valence-electron chi connectivity index (χ4n) is 3.90. The van der Waals surface area contributed by atoms with Gasteiger partial charge in [-0.2, -0.15) is 0 Å². The van der Waals surface area contributed by atoms with Crippen molar-refractivity contribution in [3.63, 3.8) is 0 Å². The first kappa shape index (κ1) is 26.0. The van der Waals surface area contributed by atoms with Crippen LogP contribution < -0.4 is 4.74 Å². The van der Waals surface area contributed by atoms with E-state index in [0.717, 1.165) is 5.56 Å². The number of aliphatic hydroxyl groups excluding tert-OH is 1. The van der Waals surface area contributed by atoms with Gasteiger partial charge in [-0.05, 0) is 47.7 Å². The summed E-state index contributed by atoms with van der Waals surface area (Å²) in [6, 6.07) is 21.6. The van der Waals surface area contributed by atoms with E-state index in [1.54, 1.807) is 79.7 Å². The molecule has 188 valence electrons. The molecule has 4 rings (SSSR count). The summed E-state index contributed by atoms with van der Waals surface area (Å²) >= 11 is 0. The molecule has 0 saturated heterocycles. The van der Waals surface area contributed by atoms with Crippen LogP contribution in [0.15, 0.2) is 91.5 Å². The van der Waals surface area contributed by atoms with Crippen LogP contribution in [0, 0.1) is 17.5 Å². The standard InChI is InChI=1S/C32H27F3O2/c1-3-4-19-37-27-16-18-28(30(33)20-27)24-8-5-22(6-9-24)7-10-26-15-17-29(32(35)31(26)34)25-13-11-23(12-14-25)21(2)36/h3,5-18,20-21,36H,1,4,19H2,2H3/b10-7+. The molecule has 1 unspecified atom stereocenters. The van der Waals surface area contributed by atoms with Crippen LogP contribution in [0.25, 0.3) is 34.4 Å². The quantitative estimate of drug-likeness (QED) is 0.142. The highest BCUT2D eigenvalue weighted by Crippen LogP contribution is 2.29. The average Bonchev–Trinajstić information content (AvgIpc) is 2.90. The Kier molecular flexibility index (Phi) is 8.26. The topological polar surface area (TPSA) is 29.5 Å². The molecule has 4 aromatic rings. The highest BCUT2D eigenvalue weighted by Gasteiger charge is 2.14. The molecule has 37 heavy (non-hydrogen) atoms. The number of hydrogen-bond acceptors (Lipinski definition) is 2. The lowest BCUT2D eigenvalue weighted by molar-refractivity contribution is 0.199. The van der Waals surface area contributed by atoms with Gasteiger partial charge in [-0.15, -0.1) is 6.58 Å². The molecule has 2 nitrogen and oxygen atoms in total. The fourth-order valence-corrected chi connectivity index (χ4v) is 3.90. The molecule has 0 saturated carbocycles. The molecule has 1 N–H and O–H groups in total. The van der Waals surface area contributed by atoms with E-state index in [1.807, 2.05) is 0 Å². The Morgan fingerprint density at radius 2 is 1.46 bits per heavy atom. The van der Waals surface area contributed by atoms with Gasteiger partial charge in [-0.3, -0.25) is 0 Å². The molecule has 0 amide bonds. The number of aliphatic hydroxyl groups is 1. The van der Waals surface area contributed by atoms with E-state index in [1.165, 1.54) is 24.3 Å². The van der Waals surface area contributed by atoms with E-state index in [9.17, 15) is 18.3 Å². The summed E-state index contributed by atoms with van der Waals surface area (Å²) in [6.45, 7) is 5.71.